The molecule has 1 atom stereocenters. The van der Waals surface area contributed by atoms with E-state index in [1.54, 1.807) is 0 Å². The van der Waals surface area contributed by atoms with Crippen molar-refractivity contribution in [1.82, 2.24) is 10.6 Å². The number of nitrogens with one attached hydrogen (secondary N) is 2. The molecule has 2 nitrogen and oxygen atoms in total. The summed E-state index contributed by atoms with van der Waals surface area (Å²) in [6.45, 7) is 7.61. The number of rotatable bonds is 3. The van der Waals surface area contributed by atoms with Crippen LogP contribution in [0.4, 0.5) is 0 Å². The molecule has 1 unspecified atom stereocenters. The van der Waals surface area contributed by atoms with Gasteiger partial charge in [0.25, 0.3) is 0 Å². The normalized spacial score (nSPS) is 20.8. The third-order valence-corrected chi connectivity index (χ3v) is 3.14. The van der Waals surface area contributed by atoms with E-state index in [2.05, 4.69) is 42.7 Å². The second-order valence-electron chi connectivity index (χ2n) is 4.50. The Bertz CT molecular complexity index is 327. The highest BCUT2D eigenvalue weighted by molar-refractivity contribution is 5.30. The fourth-order valence-electron chi connectivity index (χ4n) is 2.13. The molecule has 0 bridgehead atoms. The fraction of sp³-hybridized carbons (Fsp3) is 0.538. The van der Waals surface area contributed by atoms with Crippen molar-refractivity contribution in [2.24, 2.45) is 0 Å². The van der Waals surface area contributed by atoms with Gasteiger partial charge in [-0.3, -0.25) is 0 Å². The molecule has 0 aromatic heterocycles. The molecule has 1 aromatic carbocycles. The van der Waals surface area contributed by atoms with Gasteiger partial charge in [-0.15, -0.1) is 0 Å². The summed E-state index contributed by atoms with van der Waals surface area (Å²) in [6, 6.07) is 7.34. The molecule has 82 valence electrons. The van der Waals surface area contributed by atoms with Crippen LogP contribution in [0, 0.1) is 13.8 Å². The van der Waals surface area contributed by atoms with Crippen LogP contribution in [-0.2, 0) is 6.54 Å². The maximum absolute atomic E-state index is 3.60. The van der Waals surface area contributed by atoms with Crippen LogP contribution in [0.3, 0.4) is 0 Å². The third kappa shape index (κ3) is 2.80. The van der Waals surface area contributed by atoms with Gasteiger partial charge in [0.1, 0.15) is 0 Å². The van der Waals surface area contributed by atoms with E-state index in [0.29, 0.717) is 6.04 Å². The first-order chi connectivity index (χ1) is 7.25. The third-order valence-electron chi connectivity index (χ3n) is 3.14. The molecule has 0 aliphatic carbocycles. The van der Waals surface area contributed by atoms with E-state index in [1.165, 1.54) is 23.1 Å². The summed E-state index contributed by atoms with van der Waals surface area (Å²) in [5.74, 6) is 0. The van der Waals surface area contributed by atoms with E-state index in [1.807, 2.05) is 0 Å². The molecule has 2 rings (SSSR count). The fourth-order valence-corrected chi connectivity index (χ4v) is 2.13. The Hall–Kier alpha value is -0.860. The molecule has 0 saturated carbocycles. The molecule has 1 aromatic rings. The first-order valence-electron chi connectivity index (χ1n) is 5.76. The van der Waals surface area contributed by atoms with Crippen molar-refractivity contribution in [3.05, 3.63) is 34.9 Å². The maximum atomic E-state index is 3.60. The van der Waals surface area contributed by atoms with Crippen LogP contribution in [0.25, 0.3) is 0 Å². The lowest BCUT2D eigenvalue weighted by Crippen LogP contribution is -2.30. The zero-order valence-electron chi connectivity index (χ0n) is 9.64. The van der Waals surface area contributed by atoms with Gasteiger partial charge in [-0.05, 0) is 37.9 Å². The van der Waals surface area contributed by atoms with E-state index in [9.17, 15) is 0 Å². The smallest absolute Gasteiger partial charge is 0.0211 e. The number of benzene rings is 1. The van der Waals surface area contributed by atoms with Gasteiger partial charge < -0.3 is 10.6 Å². The van der Waals surface area contributed by atoms with Gasteiger partial charge in [-0.25, -0.2) is 0 Å². The van der Waals surface area contributed by atoms with Gasteiger partial charge in [0.15, 0.2) is 0 Å². The molecule has 2 heteroatoms. The first kappa shape index (κ1) is 10.7. The summed E-state index contributed by atoms with van der Waals surface area (Å²) in [7, 11) is 0. The standard InChI is InChI=1S/C13H20N2/c1-10-3-4-12(11(2)7-10)8-15-13-5-6-14-9-13/h3-4,7,13-15H,5-6,8-9H2,1-2H3. The Labute approximate surface area is 92.1 Å². The monoisotopic (exact) mass is 204 g/mol. The Morgan fingerprint density at radius 2 is 2.27 bits per heavy atom. The van der Waals surface area contributed by atoms with E-state index in [0.717, 1.165) is 19.6 Å². The van der Waals surface area contributed by atoms with E-state index < -0.39 is 0 Å². The summed E-state index contributed by atoms with van der Waals surface area (Å²) >= 11 is 0. The Morgan fingerprint density at radius 3 is 2.93 bits per heavy atom. The maximum Gasteiger partial charge on any atom is 0.0211 e. The lowest BCUT2D eigenvalue weighted by molar-refractivity contribution is 0.546. The highest BCUT2D eigenvalue weighted by atomic mass is 15.0. The van der Waals surface area contributed by atoms with Crippen LogP contribution in [0.5, 0.6) is 0 Å². The summed E-state index contributed by atoms with van der Waals surface area (Å²) in [4.78, 5) is 0. The minimum atomic E-state index is 0.658. The molecular formula is C13H20N2. The van der Waals surface area contributed by atoms with Crippen LogP contribution in [0.2, 0.25) is 0 Å². The van der Waals surface area contributed by atoms with Gasteiger partial charge in [0.05, 0.1) is 0 Å². The molecule has 2 N–H and O–H groups in total. The molecule has 15 heavy (non-hydrogen) atoms. The van der Waals surface area contributed by atoms with Crippen molar-refractivity contribution >= 4 is 0 Å². The highest BCUT2D eigenvalue weighted by Gasteiger charge is 2.13. The van der Waals surface area contributed by atoms with Crippen molar-refractivity contribution in [3.63, 3.8) is 0 Å². The molecule has 0 radical (unpaired) electrons. The molecule has 1 fully saturated rings. The highest BCUT2D eigenvalue weighted by Crippen LogP contribution is 2.10. The molecule has 1 aliphatic rings. The number of hydrogen-bond donors (Lipinski definition) is 2. The SMILES string of the molecule is Cc1ccc(CNC2CCNC2)c(C)c1. The van der Waals surface area contributed by atoms with Crippen molar-refractivity contribution in [3.8, 4) is 0 Å². The van der Waals surface area contributed by atoms with Gasteiger partial charge in [0.2, 0.25) is 0 Å². The van der Waals surface area contributed by atoms with Crippen LogP contribution in [0.1, 0.15) is 23.1 Å². The van der Waals surface area contributed by atoms with E-state index >= 15 is 0 Å². The minimum Gasteiger partial charge on any atom is -0.315 e. The minimum absolute atomic E-state index is 0.658. The van der Waals surface area contributed by atoms with Gasteiger partial charge in [-0.1, -0.05) is 23.8 Å². The first-order valence-corrected chi connectivity index (χ1v) is 5.76. The Balaban J connectivity index is 1.92. The van der Waals surface area contributed by atoms with Crippen molar-refractivity contribution in [2.75, 3.05) is 13.1 Å². The summed E-state index contributed by atoms with van der Waals surface area (Å²) < 4.78 is 0. The average Bonchev–Trinajstić information content (AvgIpc) is 2.69. The molecule has 0 spiro atoms. The van der Waals surface area contributed by atoms with Crippen LogP contribution >= 0.6 is 0 Å². The van der Waals surface area contributed by atoms with Crippen molar-refractivity contribution in [2.45, 2.75) is 32.9 Å². The van der Waals surface area contributed by atoms with Crippen LogP contribution < -0.4 is 10.6 Å². The number of aryl methyl sites for hydroxylation is 2. The van der Waals surface area contributed by atoms with Gasteiger partial charge >= 0.3 is 0 Å². The number of hydrogen-bond acceptors (Lipinski definition) is 2. The zero-order valence-corrected chi connectivity index (χ0v) is 9.64. The average molecular weight is 204 g/mol. The topological polar surface area (TPSA) is 24.1 Å². The van der Waals surface area contributed by atoms with E-state index in [4.69, 9.17) is 0 Å². The Morgan fingerprint density at radius 1 is 1.40 bits per heavy atom. The molecule has 1 aliphatic heterocycles. The van der Waals surface area contributed by atoms with Crippen molar-refractivity contribution < 1.29 is 0 Å². The van der Waals surface area contributed by atoms with Crippen LogP contribution in [0.15, 0.2) is 18.2 Å². The predicted octanol–water partition coefficient (Wildman–Crippen LogP) is 1.75. The second kappa shape index (κ2) is 4.77. The molecule has 1 saturated heterocycles. The molecule has 1 heterocycles. The van der Waals surface area contributed by atoms with Crippen LogP contribution in [-0.4, -0.2) is 19.1 Å². The quantitative estimate of drug-likeness (QED) is 0.784. The lowest BCUT2D eigenvalue weighted by Gasteiger charge is -2.13. The van der Waals surface area contributed by atoms with E-state index in [-0.39, 0.29) is 0 Å². The zero-order chi connectivity index (χ0) is 10.7. The largest absolute Gasteiger partial charge is 0.315 e. The second-order valence-corrected chi connectivity index (χ2v) is 4.50. The molecule has 0 amide bonds. The summed E-state index contributed by atoms with van der Waals surface area (Å²) in [6.07, 6.45) is 1.25. The summed E-state index contributed by atoms with van der Waals surface area (Å²) in [5, 5.41) is 6.97. The van der Waals surface area contributed by atoms with Gasteiger partial charge in [0, 0.05) is 19.1 Å². The van der Waals surface area contributed by atoms with Gasteiger partial charge in [-0.2, -0.15) is 0 Å². The Kier molecular flexibility index (Phi) is 3.39. The predicted molar refractivity (Wildman–Crippen MR) is 64.0 cm³/mol. The molecular weight excluding hydrogens is 184 g/mol. The lowest BCUT2D eigenvalue weighted by atomic mass is 10.1. The van der Waals surface area contributed by atoms with Crippen molar-refractivity contribution in [1.29, 1.82) is 0 Å². The summed E-state index contributed by atoms with van der Waals surface area (Å²) in [5.41, 5.74) is 4.17.